The summed E-state index contributed by atoms with van der Waals surface area (Å²) in [6.07, 6.45) is 2.16. The molecule has 0 N–H and O–H groups in total. The highest BCUT2D eigenvalue weighted by Gasteiger charge is 2.10. The molecule has 104 valence electrons. The average molecular weight is 275 g/mol. The van der Waals surface area contributed by atoms with Gasteiger partial charge in [0.15, 0.2) is 0 Å². The van der Waals surface area contributed by atoms with Gasteiger partial charge in [-0.15, -0.1) is 0 Å². The molecule has 0 atom stereocenters. The summed E-state index contributed by atoms with van der Waals surface area (Å²) in [7, 11) is 0. The van der Waals surface area contributed by atoms with Gasteiger partial charge in [-0.25, -0.2) is 0 Å². The summed E-state index contributed by atoms with van der Waals surface area (Å²) in [5.74, 6) is 0.844. The molecule has 0 bridgehead atoms. The molecule has 0 saturated heterocycles. The second kappa shape index (κ2) is 5.80. The Kier molecular flexibility index (Phi) is 3.69. The third-order valence-electron chi connectivity index (χ3n) is 3.55. The van der Waals surface area contributed by atoms with Crippen molar-refractivity contribution in [3.05, 3.63) is 88.8 Å². The zero-order chi connectivity index (χ0) is 14.7. The lowest BCUT2D eigenvalue weighted by molar-refractivity contribution is 0.393. The van der Waals surface area contributed by atoms with Crippen molar-refractivity contribution in [1.82, 2.24) is 5.16 Å². The zero-order valence-corrected chi connectivity index (χ0v) is 12.2. The van der Waals surface area contributed by atoms with Crippen LogP contribution in [0.4, 0.5) is 0 Å². The Hall–Kier alpha value is -2.61. The fraction of sp³-hybridized carbons (Fsp3) is 0.105. The molecule has 0 radical (unpaired) electrons. The summed E-state index contributed by atoms with van der Waals surface area (Å²) < 4.78 is 5.27. The number of nitrogens with zero attached hydrogens (tertiary/aromatic N) is 1. The summed E-state index contributed by atoms with van der Waals surface area (Å²) in [5, 5.41) is 4.04. The fourth-order valence-electron chi connectivity index (χ4n) is 2.41. The van der Waals surface area contributed by atoms with E-state index in [1.165, 1.54) is 16.7 Å². The SMILES string of the molecule is Cc1noc(C)c1C=C(c1ccccc1)c1ccccc1. The predicted octanol–water partition coefficient (Wildman–Crippen LogP) is 4.88. The van der Waals surface area contributed by atoms with Crippen LogP contribution in [0.1, 0.15) is 28.1 Å². The summed E-state index contributed by atoms with van der Waals surface area (Å²) in [6.45, 7) is 3.91. The average Bonchev–Trinajstić information content (AvgIpc) is 2.85. The molecular formula is C19H17NO. The number of rotatable bonds is 3. The van der Waals surface area contributed by atoms with Gasteiger partial charge >= 0.3 is 0 Å². The first-order valence-corrected chi connectivity index (χ1v) is 7.01. The molecule has 1 heterocycles. The van der Waals surface area contributed by atoms with Gasteiger partial charge in [0.05, 0.1) is 5.69 Å². The standard InChI is InChI=1S/C19H17NO/c1-14-18(15(2)21-20-14)13-19(16-9-5-3-6-10-16)17-11-7-4-8-12-17/h3-13H,1-2H3. The lowest BCUT2D eigenvalue weighted by atomic mass is 9.95. The molecule has 0 saturated carbocycles. The number of aryl methyl sites for hydroxylation is 2. The van der Waals surface area contributed by atoms with Crippen molar-refractivity contribution in [1.29, 1.82) is 0 Å². The Labute approximate surface area is 124 Å². The van der Waals surface area contributed by atoms with Gasteiger partial charge in [0.2, 0.25) is 0 Å². The van der Waals surface area contributed by atoms with Crippen LogP contribution in [0.15, 0.2) is 65.2 Å². The number of hydrogen-bond donors (Lipinski definition) is 0. The third kappa shape index (κ3) is 2.79. The van der Waals surface area contributed by atoms with Crippen molar-refractivity contribution < 1.29 is 4.52 Å². The van der Waals surface area contributed by atoms with E-state index in [0.717, 1.165) is 17.0 Å². The molecule has 2 heteroatoms. The maximum atomic E-state index is 5.27. The van der Waals surface area contributed by atoms with Crippen LogP contribution in [-0.4, -0.2) is 5.16 Å². The van der Waals surface area contributed by atoms with Crippen molar-refractivity contribution in [3.8, 4) is 0 Å². The summed E-state index contributed by atoms with van der Waals surface area (Å²) >= 11 is 0. The van der Waals surface area contributed by atoms with Gasteiger partial charge in [0, 0.05) is 5.56 Å². The second-order valence-corrected chi connectivity index (χ2v) is 5.03. The first kappa shape index (κ1) is 13.4. The summed E-state index contributed by atoms with van der Waals surface area (Å²) in [5.41, 5.74) is 5.51. The Morgan fingerprint density at radius 1 is 0.857 bits per heavy atom. The van der Waals surface area contributed by atoms with E-state index in [4.69, 9.17) is 4.52 Å². The Morgan fingerprint density at radius 3 is 1.81 bits per heavy atom. The predicted molar refractivity (Wildman–Crippen MR) is 85.8 cm³/mol. The van der Waals surface area contributed by atoms with Crippen LogP contribution < -0.4 is 0 Å². The van der Waals surface area contributed by atoms with Gasteiger partial charge in [0.25, 0.3) is 0 Å². The van der Waals surface area contributed by atoms with E-state index >= 15 is 0 Å². The lowest BCUT2D eigenvalue weighted by Crippen LogP contribution is -1.89. The van der Waals surface area contributed by atoms with E-state index in [1.807, 2.05) is 26.0 Å². The molecule has 0 aliphatic rings. The maximum absolute atomic E-state index is 5.27. The van der Waals surface area contributed by atoms with Crippen LogP contribution in [0.25, 0.3) is 11.6 Å². The van der Waals surface area contributed by atoms with E-state index in [0.29, 0.717) is 0 Å². The highest BCUT2D eigenvalue weighted by molar-refractivity contribution is 5.91. The molecule has 3 aromatic rings. The molecule has 3 rings (SSSR count). The molecular weight excluding hydrogens is 258 g/mol. The molecule has 0 fully saturated rings. The van der Waals surface area contributed by atoms with E-state index < -0.39 is 0 Å². The highest BCUT2D eigenvalue weighted by Crippen LogP contribution is 2.27. The van der Waals surface area contributed by atoms with Gasteiger partial charge in [-0.3, -0.25) is 0 Å². The maximum Gasteiger partial charge on any atom is 0.141 e. The second-order valence-electron chi connectivity index (χ2n) is 5.03. The highest BCUT2D eigenvalue weighted by atomic mass is 16.5. The van der Waals surface area contributed by atoms with Gasteiger partial charge in [-0.2, -0.15) is 0 Å². The first-order chi connectivity index (χ1) is 10.3. The van der Waals surface area contributed by atoms with Crippen molar-refractivity contribution in [2.45, 2.75) is 13.8 Å². The lowest BCUT2D eigenvalue weighted by Gasteiger charge is -2.08. The van der Waals surface area contributed by atoms with Crippen LogP contribution in [0.3, 0.4) is 0 Å². The number of benzene rings is 2. The van der Waals surface area contributed by atoms with Crippen molar-refractivity contribution in [2.24, 2.45) is 0 Å². The first-order valence-electron chi connectivity index (χ1n) is 7.01. The largest absolute Gasteiger partial charge is 0.361 e. The van der Waals surface area contributed by atoms with Crippen molar-refractivity contribution >= 4 is 11.6 Å². The van der Waals surface area contributed by atoms with Crippen LogP contribution in [-0.2, 0) is 0 Å². The minimum Gasteiger partial charge on any atom is -0.361 e. The monoisotopic (exact) mass is 275 g/mol. The molecule has 0 spiro atoms. The molecule has 0 aliphatic carbocycles. The minimum atomic E-state index is 0.844. The number of hydrogen-bond acceptors (Lipinski definition) is 2. The van der Waals surface area contributed by atoms with Crippen LogP contribution in [0.5, 0.6) is 0 Å². The molecule has 21 heavy (non-hydrogen) atoms. The summed E-state index contributed by atoms with van der Waals surface area (Å²) in [4.78, 5) is 0. The topological polar surface area (TPSA) is 26.0 Å². The molecule has 0 aliphatic heterocycles. The van der Waals surface area contributed by atoms with Crippen LogP contribution in [0, 0.1) is 13.8 Å². The fourth-order valence-corrected chi connectivity index (χ4v) is 2.41. The Bertz CT molecular complexity index is 694. The van der Waals surface area contributed by atoms with Crippen molar-refractivity contribution in [3.63, 3.8) is 0 Å². The normalized spacial score (nSPS) is 10.4. The van der Waals surface area contributed by atoms with Gasteiger partial charge in [-0.05, 0) is 36.6 Å². The molecule has 2 nitrogen and oxygen atoms in total. The Morgan fingerprint density at radius 2 is 1.38 bits per heavy atom. The van der Waals surface area contributed by atoms with E-state index in [-0.39, 0.29) is 0 Å². The molecule has 2 aromatic carbocycles. The quantitative estimate of drug-likeness (QED) is 0.681. The zero-order valence-electron chi connectivity index (χ0n) is 12.2. The van der Waals surface area contributed by atoms with E-state index in [9.17, 15) is 0 Å². The molecule has 1 aromatic heterocycles. The molecule has 0 amide bonds. The minimum absolute atomic E-state index is 0.844. The molecule has 0 unspecified atom stereocenters. The van der Waals surface area contributed by atoms with Gasteiger partial charge in [-0.1, -0.05) is 65.8 Å². The van der Waals surface area contributed by atoms with Crippen LogP contribution >= 0.6 is 0 Å². The van der Waals surface area contributed by atoms with Crippen LogP contribution in [0.2, 0.25) is 0 Å². The van der Waals surface area contributed by atoms with Gasteiger partial charge < -0.3 is 4.52 Å². The number of aromatic nitrogens is 1. The van der Waals surface area contributed by atoms with E-state index in [1.54, 1.807) is 0 Å². The third-order valence-corrected chi connectivity index (χ3v) is 3.55. The smallest absolute Gasteiger partial charge is 0.141 e. The van der Waals surface area contributed by atoms with Crippen molar-refractivity contribution in [2.75, 3.05) is 0 Å². The summed E-state index contributed by atoms with van der Waals surface area (Å²) in [6, 6.07) is 20.8. The van der Waals surface area contributed by atoms with Gasteiger partial charge in [0.1, 0.15) is 5.76 Å². The van der Waals surface area contributed by atoms with E-state index in [2.05, 4.69) is 59.8 Å². The Balaban J connectivity index is 2.18.